The Morgan fingerprint density at radius 3 is 2.24 bits per heavy atom. The molecule has 1 aliphatic carbocycles. The maximum Gasteiger partial charge on any atom is 0.228 e. The van der Waals surface area contributed by atoms with Gasteiger partial charge >= 0.3 is 0 Å². The number of nitrogens with one attached hydrogen (secondary N) is 2. The summed E-state index contributed by atoms with van der Waals surface area (Å²) in [5, 5.41) is 5.86. The van der Waals surface area contributed by atoms with Crippen LogP contribution in [-0.4, -0.2) is 11.8 Å². The van der Waals surface area contributed by atoms with Gasteiger partial charge < -0.3 is 10.6 Å². The highest BCUT2D eigenvalue weighted by Gasteiger charge is 2.48. The van der Waals surface area contributed by atoms with E-state index in [1.54, 1.807) is 0 Å². The molecule has 1 saturated carbocycles. The van der Waals surface area contributed by atoms with Crippen molar-refractivity contribution >= 4 is 23.2 Å². The van der Waals surface area contributed by atoms with Crippen LogP contribution in [0.2, 0.25) is 0 Å². The maximum atomic E-state index is 12.4. The monoisotopic (exact) mass is 336 g/mol. The van der Waals surface area contributed by atoms with E-state index in [2.05, 4.69) is 17.6 Å². The topological polar surface area (TPSA) is 58.2 Å². The third-order valence-electron chi connectivity index (χ3n) is 4.96. The molecule has 2 atom stereocenters. The van der Waals surface area contributed by atoms with E-state index in [0.29, 0.717) is 6.42 Å². The average Bonchev–Trinajstić information content (AvgIpc) is 3.40. The van der Waals surface area contributed by atoms with Gasteiger partial charge in [-0.1, -0.05) is 31.2 Å². The lowest BCUT2D eigenvalue weighted by Gasteiger charge is -2.10. The average molecular weight is 336 g/mol. The molecule has 0 saturated heterocycles. The zero-order chi connectivity index (χ0) is 18.0. The minimum absolute atomic E-state index is 0.0739. The van der Waals surface area contributed by atoms with Crippen LogP contribution in [0.4, 0.5) is 11.4 Å². The van der Waals surface area contributed by atoms with Crippen LogP contribution in [0.15, 0.2) is 42.5 Å². The van der Waals surface area contributed by atoms with Gasteiger partial charge in [0, 0.05) is 11.4 Å². The molecule has 0 aliphatic heterocycles. The quantitative estimate of drug-likeness (QED) is 0.864. The second-order valence-electron chi connectivity index (χ2n) is 6.73. The largest absolute Gasteiger partial charge is 0.326 e. The van der Waals surface area contributed by atoms with E-state index in [4.69, 9.17) is 0 Å². The molecule has 2 N–H and O–H groups in total. The summed E-state index contributed by atoms with van der Waals surface area (Å²) in [4.78, 5) is 24.7. The number of carbonyl (C=O) groups excluding carboxylic acids is 2. The van der Waals surface area contributed by atoms with Crippen molar-refractivity contribution in [2.75, 3.05) is 10.6 Å². The van der Waals surface area contributed by atoms with Crippen LogP contribution in [0, 0.1) is 25.7 Å². The Bertz CT molecular complexity index is 796. The number of amides is 2. The number of hydrogen-bond donors (Lipinski definition) is 2. The molecule has 2 aromatic rings. The molecule has 2 aromatic carbocycles. The van der Waals surface area contributed by atoms with Crippen LogP contribution in [0.5, 0.6) is 0 Å². The summed E-state index contributed by atoms with van der Waals surface area (Å²) < 4.78 is 0. The zero-order valence-corrected chi connectivity index (χ0v) is 14.9. The Labute approximate surface area is 148 Å². The summed E-state index contributed by atoms with van der Waals surface area (Å²) in [6.07, 6.45) is 1.58. The van der Waals surface area contributed by atoms with E-state index in [-0.39, 0.29) is 23.7 Å². The standard InChI is InChI=1S/C21H24N2O2/c1-4-15-8-10-16(11-9-15)22-20(24)17-12-18(17)21(25)23-19-7-5-6-13(2)14(19)3/h5-11,17-18H,4,12H2,1-3H3,(H,22,24)(H,23,25). The first-order valence-electron chi connectivity index (χ1n) is 8.76. The van der Waals surface area contributed by atoms with Gasteiger partial charge in [0.25, 0.3) is 0 Å². The number of anilines is 2. The summed E-state index contributed by atoms with van der Waals surface area (Å²) in [7, 11) is 0. The summed E-state index contributed by atoms with van der Waals surface area (Å²) in [6.45, 7) is 6.10. The molecule has 2 unspecified atom stereocenters. The molecule has 4 nitrogen and oxygen atoms in total. The summed E-state index contributed by atoms with van der Waals surface area (Å²) in [5.74, 6) is -0.633. The molecule has 130 valence electrons. The lowest BCUT2D eigenvalue weighted by Crippen LogP contribution is -2.21. The van der Waals surface area contributed by atoms with Crippen molar-refractivity contribution in [3.63, 3.8) is 0 Å². The number of rotatable bonds is 5. The fraction of sp³-hybridized carbons (Fsp3) is 0.333. The first-order valence-corrected chi connectivity index (χ1v) is 8.76. The van der Waals surface area contributed by atoms with Gasteiger partial charge in [-0.15, -0.1) is 0 Å². The van der Waals surface area contributed by atoms with Crippen molar-refractivity contribution in [1.29, 1.82) is 0 Å². The number of carbonyl (C=O) groups is 2. The molecule has 0 radical (unpaired) electrons. The van der Waals surface area contributed by atoms with E-state index >= 15 is 0 Å². The van der Waals surface area contributed by atoms with Crippen molar-refractivity contribution in [3.8, 4) is 0 Å². The highest BCUT2D eigenvalue weighted by atomic mass is 16.2. The Kier molecular flexibility index (Phi) is 4.88. The highest BCUT2D eigenvalue weighted by molar-refractivity contribution is 6.03. The van der Waals surface area contributed by atoms with Crippen LogP contribution in [0.1, 0.15) is 30.0 Å². The van der Waals surface area contributed by atoms with Gasteiger partial charge in [0.1, 0.15) is 0 Å². The van der Waals surface area contributed by atoms with E-state index in [1.165, 1.54) is 5.56 Å². The smallest absolute Gasteiger partial charge is 0.228 e. The van der Waals surface area contributed by atoms with Crippen molar-refractivity contribution in [2.24, 2.45) is 11.8 Å². The van der Waals surface area contributed by atoms with Gasteiger partial charge in [-0.3, -0.25) is 9.59 Å². The lowest BCUT2D eigenvalue weighted by atomic mass is 10.1. The summed E-state index contributed by atoms with van der Waals surface area (Å²) >= 11 is 0. The van der Waals surface area contributed by atoms with E-state index < -0.39 is 0 Å². The molecule has 0 heterocycles. The summed E-state index contributed by atoms with van der Waals surface area (Å²) in [6, 6.07) is 13.7. The molecule has 1 aliphatic rings. The number of aryl methyl sites for hydroxylation is 2. The Balaban J connectivity index is 1.56. The second kappa shape index (κ2) is 7.09. The Morgan fingerprint density at radius 1 is 0.960 bits per heavy atom. The molecule has 0 aromatic heterocycles. The van der Waals surface area contributed by atoms with Gasteiger partial charge in [0.05, 0.1) is 11.8 Å². The van der Waals surface area contributed by atoms with Gasteiger partial charge in [0.15, 0.2) is 0 Å². The molecule has 0 bridgehead atoms. The first-order chi connectivity index (χ1) is 12.0. The van der Waals surface area contributed by atoms with Gasteiger partial charge in [-0.05, 0) is 61.6 Å². The number of hydrogen-bond acceptors (Lipinski definition) is 2. The molecule has 25 heavy (non-hydrogen) atoms. The maximum absolute atomic E-state index is 12.4. The van der Waals surface area contributed by atoms with Crippen molar-refractivity contribution in [3.05, 3.63) is 59.2 Å². The van der Waals surface area contributed by atoms with Gasteiger partial charge in [-0.2, -0.15) is 0 Å². The molecule has 0 spiro atoms. The molecular formula is C21H24N2O2. The molecular weight excluding hydrogens is 312 g/mol. The Hall–Kier alpha value is -2.62. The minimum Gasteiger partial charge on any atom is -0.326 e. The van der Waals surface area contributed by atoms with Crippen molar-refractivity contribution < 1.29 is 9.59 Å². The molecule has 3 rings (SSSR count). The van der Waals surface area contributed by atoms with Crippen LogP contribution in [-0.2, 0) is 16.0 Å². The predicted octanol–water partition coefficient (Wildman–Crippen LogP) is 4.08. The third-order valence-corrected chi connectivity index (χ3v) is 4.96. The first kappa shape index (κ1) is 17.2. The van der Waals surface area contributed by atoms with Gasteiger partial charge in [-0.25, -0.2) is 0 Å². The van der Waals surface area contributed by atoms with E-state index in [9.17, 15) is 9.59 Å². The molecule has 4 heteroatoms. The lowest BCUT2D eigenvalue weighted by molar-refractivity contribution is -0.122. The highest BCUT2D eigenvalue weighted by Crippen LogP contribution is 2.40. The van der Waals surface area contributed by atoms with Gasteiger partial charge in [0.2, 0.25) is 11.8 Å². The van der Waals surface area contributed by atoms with Crippen molar-refractivity contribution in [1.82, 2.24) is 0 Å². The second-order valence-corrected chi connectivity index (χ2v) is 6.73. The summed E-state index contributed by atoms with van der Waals surface area (Å²) in [5.41, 5.74) is 5.04. The molecule has 1 fully saturated rings. The Morgan fingerprint density at radius 2 is 1.60 bits per heavy atom. The van der Waals surface area contributed by atoms with Crippen molar-refractivity contribution in [2.45, 2.75) is 33.6 Å². The van der Waals surface area contributed by atoms with Crippen LogP contribution in [0.3, 0.4) is 0 Å². The number of benzene rings is 2. The third kappa shape index (κ3) is 3.90. The van der Waals surface area contributed by atoms with Crippen LogP contribution < -0.4 is 10.6 Å². The molecule has 2 amide bonds. The fourth-order valence-corrected chi connectivity index (χ4v) is 2.95. The van der Waals surface area contributed by atoms with Crippen LogP contribution >= 0.6 is 0 Å². The van der Waals surface area contributed by atoms with E-state index in [0.717, 1.165) is 28.9 Å². The SMILES string of the molecule is CCc1ccc(NC(=O)C2CC2C(=O)Nc2cccc(C)c2C)cc1. The fourth-order valence-electron chi connectivity index (χ4n) is 2.95. The zero-order valence-electron chi connectivity index (χ0n) is 14.9. The minimum atomic E-state index is -0.241. The van der Waals surface area contributed by atoms with Crippen LogP contribution in [0.25, 0.3) is 0 Å². The normalized spacial score (nSPS) is 18.5. The van der Waals surface area contributed by atoms with E-state index in [1.807, 2.05) is 56.3 Å². The predicted molar refractivity (Wildman–Crippen MR) is 101 cm³/mol.